The van der Waals surface area contributed by atoms with E-state index in [0.717, 1.165) is 15.0 Å². The summed E-state index contributed by atoms with van der Waals surface area (Å²) in [6.45, 7) is 4.48. The second-order valence-corrected chi connectivity index (χ2v) is 6.79. The van der Waals surface area contributed by atoms with Gasteiger partial charge in [0, 0.05) is 0 Å². The molecule has 0 aromatic carbocycles. The van der Waals surface area contributed by atoms with Gasteiger partial charge in [-0.15, -0.1) is 0 Å². The molecule has 1 N–H and O–H groups in total. The predicted octanol–water partition coefficient (Wildman–Crippen LogP) is 0.637. The second-order valence-electron chi connectivity index (χ2n) is 1.23. The van der Waals surface area contributed by atoms with Crippen LogP contribution in [0, 0.1) is 0 Å². The summed E-state index contributed by atoms with van der Waals surface area (Å²) in [7, 11) is -3.97. The van der Waals surface area contributed by atoms with Gasteiger partial charge in [0.2, 0.25) is 0 Å². The first-order valence-corrected chi connectivity index (χ1v) is 7.61. The normalized spacial score (nSPS) is 9.09. The summed E-state index contributed by atoms with van der Waals surface area (Å²) < 4.78 is 25.5. The Hall–Kier alpha value is 1.78. The third-order valence-electron chi connectivity index (χ3n) is 0.408. The summed E-state index contributed by atoms with van der Waals surface area (Å²) >= 11 is 3.61. The van der Waals surface area contributed by atoms with Gasteiger partial charge < -0.3 is 0 Å². The summed E-state index contributed by atoms with van der Waals surface area (Å²) in [5.74, 6) is 0. The van der Waals surface area contributed by atoms with Crippen LogP contribution in [-0.2, 0) is 9.15 Å². The molecule has 0 radical (unpaired) electrons. The molecular formula is C4H13NaO3S2Se. The van der Waals surface area contributed by atoms with E-state index in [2.05, 4.69) is 25.5 Å². The molecule has 0 aliphatic heterocycles. The third kappa shape index (κ3) is 78.9. The molecule has 66 valence electrons. The maximum absolute atomic E-state index is 9.05. The van der Waals surface area contributed by atoms with Crippen molar-refractivity contribution in [3.8, 4) is 0 Å². The van der Waals surface area contributed by atoms with Crippen LogP contribution < -0.4 is 0 Å². The first kappa shape index (κ1) is 18.5. The molecule has 0 atom stereocenters. The van der Waals surface area contributed by atoms with Gasteiger partial charge >= 0.3 is 78.2 Å². The zero-order valence-electron chi connectivity index (χ0n) is 5.94. The van der Waals surface area contributed by atoms with E-state index < -0.39 is 9.15 Å². The summed E-state index contributed by atoms with van der Waals surface area (Å²) in [5.41, 5.74) is 0. The Morgan fingerprint density at radius 2 is 1.55 bits per heavy atom. The Morgan fingerprint density at radius 3 is 1.55 bits per heavy atom. The van der Waals surface area contributed by atoms with Gasteiger partial charge in [-0.1, -0.05) is 0 Å². The van der Waals surface area contributed by atoms with Gasteiger partial charge in [0.1, 0.15) is 0 Å². The molecule has 3 nitrogen and oxygen atoms in total. The van der Waals surface area contributed by atoms with Crippen molar-refractivity contribution >= 4 is 65.3 Å². The van der Waals surface area contributed by atoms with Crippen LogP contribution in [0.1, 0.15) is 13.8 Å². The Bertz CT molecular complexity index is 137. The molecule has 7 heteroatoms. The van der Waals surface area contributed by atoms with Gasteiger partial charge in [-0.3, -0.25) is 4.55 Å². The van der Waals surface area contributed by atoms with Crippen molar-refractivity contribution in [3.05, 3.63) is 0 Å². The molecule has 0 aromatic heterocycles. The van der Waals surface area contributed by atoms with Crippen molar-refractivity contribution in [2.45, 2.75) is 24.5 Å². The monoisotopic (exact) mass is 276 g/mol. The van der Waals surface area contributed by atoms with Crippen molar-refractivity contribution in [1.82, 2.24) is 0 Å². The zero-order chi connectivity index (χ0) is 8.62. The quantitative estimate of drug-likeness (QED) is 0.336. The minimum absolute atomic E-state index is 0. The Morgan fingerprint density at radius 1 is 1.36 bits per heavy atom. The number of hydrogen-bond donors (Lipinski definition) is 2. The summed E-state index contributed by atoms with van der Waals surface area (Å²) in [5, 5.41) is 2.81. The number of rotatable bonds is 2. The zero-order valence-corrected chi connectivity index (χ0v) is 9.37. The van der Waals surface area contributed by atoms with E-state index >= 15 is 0 Å². The SMILES string of the molecule is CC[Se]CC.O=S(=O)(O)S.[NaH]. The first-order valence-electron chi connectivity index (χ1n) is 2.69. The van der Waals surface area contributed by atoms with Crippen molar-refractivity contribution in [1.29, 1.82) is 0 Å². The molecule has 0 amide bonds. The summed E-state index contributed by atoms with van der Waals surface area (Å²) in [4.78, 5) is 0. The molecule has 0 aliphatic carbocycles. The topological polar surface area (TPSA) is 54.4 Å². The van der Waals surface area contributed by atoms with E-state index in [1.807, 2.05) is 0 Å². The van der Waals surface area contributed by atoms with E-state index in [1.54, 1.807) is 0 Å². The van der Waals surface area contributed by atoms with Crippen LogP contribution in [0.4, 0.5) is 0 Å². The van der Waals surface area contributed by atoms with Gasteiger partial charge in [0.25, 0.3) is 0 Å². The van der Waals surface area contributed by atoms with Crippen LogP contribution in [0.25, 0.3) is 0 Å². The molecule has 0 fully saturated rings. The standard InChI is InChI=1S/C4H10Se.Na.H2O3S2.H/c1-3-5-4-2;;1-5(2,3)4;/h3-4H2,1-2H3;;(H2,1,2,3,4);. The molecule has 0 saturated carbocycles. The van der Waals surface area contributed by atoms with Crippen molar-refractivity contribution in [2.24, 2.45) is 0 Å². The Balaban J connectivity index is -0.000000107. The van der Waals surface area contributed by atoms with Crippen LogP contribution >= 0.6 is 11.7 Å². The van der Waals surface area contributed by atoms with Crippen LogP contribution in [0.15, 0.2) is 0 Å². The molecule has 0 saturated heterocycles. The van der Waals surface area contributed by atoms with Gasteiger partial charge in [0.05, 0.1) is 0 Å². The molecule has 0 unspecified atom stereocenters. The van der Waals surface area contributed by atoms with Crippen LogP contribution in [0.2, 0.25) is 10.6 Å². The first-order chi connectivity index (χ1) is 4.41. The average molecular weight is 275 g/mol. The third-order valence-corrected chi connectivity index (χ3v) is 2.12. The summed E-state index contributed by atoms with van der Waals surface area (Å²) in [6.07, 6.45) is 0. The molecule has 0 spiro atoms. The van der Waals surface area contributed by atoms with E-state index in [0.29, 0.717) is 0 Å². The van der Waals surface area contributed by atoms with Crippen LogP contribution in [0.5, 0.6) is 0 Å². The molecule has 11 heavy (non-hydrogen) atoms. The van der Waals surface area contributed by atoms with Crippen molar-refractivity contribution < 1.29 is 13.0 Å². The molecule has 0 aliphatic rings. The fourth-order valence-corrected chi connectivity index (χ4v) is 1.06. The Kier molecular flexibility index (Phi) is 19.9. The Labute approximate surface area is 102 Å². The second kappa shape index (κ2) is 11.8. The number of thiol groups is 1. The fourth-order valence-electron chi connectivity index (χ4n) is 0.204. The molecule has 0 bridgehead atoms. The average Bonchev–Trinajstić information content (AvgIpc) is 1.63. The minimum atomic E-state index is -3.97. The van der Waals surface area contributed by atoms with E-state index in [4.69, 9.17) is 13.0 Å². The molecule has 0 heterocycles. The molecule has 0 rings (SSSR count). The van der Waals surface area contributed by atoms with Crippen LogP contribution in [-0.4, -0.2) is 57.5 Å². The van der Waals surface area contributed by atoms with E-state index in [1.165, 1.54) is 10.6 Å². The van der Waals surface area contributed by atoms with Gasteiger partial charge in [0.15, 0.2) is 0 Å². The van der Waals surface area contributed by atoms with E-state index in [9.17, 15) is 0 Å². The number of hydrogen-bond acceptors (Lipinski definition) is 2. The van der Waals surface area contributed by atoms with Gasteiger partial charge in [-0.05, 0) is 11.7 Å². The van der Waals surface area contributed by atoms with E-state index in [-0.39, 0.29) is 29.6 Å². The summed E-state index contributed by atoms with van der Waals surface area (Å²) in [6, 6.07) is 0. The molecular weight excluding hydrogens is 262 g/mol. The van der Waals surface area contributed by atoms with Crippen LogP contribution in [0.3, 0.4) is 0 Å². The van der Waals surface area contributed by atoms with Gasteiger partial charge in [-0.2, -0.15) is 8.42 Å². The van der Waals surface area contributed by atoms with Crippen molar-refractivity contribution in [2.75, 3.05) is 0 Å². The van der Waals surface area contributed by atoms with Crippen molar-refractivity contribution in [3.63, 3.8) is 0 Å². The predicted molar refractivity (Wildman–Crippen MR) is 54.4 cm³/mol. The van der Waals surface area contributed by atoms with Gasteiger partial charge in [-0.25, -0.2) is 0 Å². The maximum atomic E-state index is 9.05. The fraction of sp³-hybridized carbons (Fsp3) is 1.00. The molecule has 0 aromatic rings.